The Morgan fingerprint density at radius 1 is 0.489 bits per heavy atom. The lowest BCUT2D eigenvalue weighted by atomic mass is 9.83. The SMILES string of the molecule is c1ccc2nc(-c3ccc4sc5ccccc5c4c3)c(C3c4cc5oc6ccccc6c5cc4-c4ccc5ccccc5c43)cc2c1. The van der Waals surface area contributed by atoms with Gasteiger partial charge in [-0.25, -0.2) is 4.98 Å². The van der Waals surface area contributed by atoms with Gasteiger partial charge < -0.3 is 4.42 Å². The number of benzene rings is 7. The van der Waals surface area contributed by atoms with E-state index in [4.69, 9.17) is 9.40 Å². The molecule has 0 saturated heterocycles. The largest absolute Gasteiger partial charge is 0.456 e. The monoisotopic (exact) mass is 615 g/mol. The van der Waals surface area contributed by atoms with E-state index in [0.717, 1.165) is 44.1 Å². The van der Waals surface area contributed by atoms with Crippen LogP contribution < -0.4 is 0 Å². The van der Waals surface area contributed by atoms with E-state index in [-0.39, 0.29) is 5.92 Å². The molecule has 1 atom stereocenters. The zero-order valence-corrected chi connectivity index (χ0v) is 26.0. The van der Waals surface area contributed by atoms with Gasteiger partial charge in [-0.3, -0.25) is 0 Å². The Morgan fingerprint density at radius 2 is 1.26 bits per heavy atom. The van der Waals surface area contributed by atoms with Crippen molar-refractivity contribution in [2.75, 3.05) is 0 Å². The van der Waals surface area contributed by atoms with Gasteiger partial charge in [-0.15, -0.1) is 11.3 Å². The first-order chi connectivity index (χ1) is 23.3. The Kier molecular flexibility index (Phi) is 5.08. The molecule has 0 aliphatic heterocycles. The second kappa shape index (κ2) is 9.38. The summed E-state index contributed by atoms with van der Waals surface area (Å²) < 4.78 is 9.11. The quantitative estimate of drug-likeness (QED) is 0.193. The number of rotatable bonds is 2. The number of hydrogen-bond acceptors (Lipinski definition) is 3. The lowest BCUT2D eigenvalue weighted by molar-refractivity contribution is 0.668. The zero-order chi connectivity index (χ0) is 30.6. The Hall–Kier alpha value is -5.77. The standard InChI is InChI=1S/C44H25NOS/c1-3-11-28-25(9-1)17-19-31-32-23-33-29-12-4-7-15-38(29)46-39(33)24-35(32)43(42(28)31)36-21-26-10-2-6-14-37(26)45-44(36)27-18-20-41-34(22-27)30-13-5-8-16-40(30)47-41/h1-24,43H. The molecule has 0 N–H and O–H groups in total. The molecule has 0 fully saturated rings. The molecule has 0 saturated carbocycles. The number of hydrogen-bond donors (Lipinski definition) is 0. The highest BCUT2D eigenvalue weighted by molar-refractivity contribution is 7.25. The minimum atomic E-state index is -0.0225. The van der Waals surface area contributed by atoms with Crippen molar-refractivity contribution in [1.82, 2.24) is 4.98 Å². The summed E-state index contributed by atoms with van der Waals surface area (Å²) >= 11 is 1.85. The molecule has 10 aromatic rings. The predicted molar refractivity (Wildman–Crippen MR) is 198 cm³/mol. The Balaban J connectivity index is 1.26. The second-order valence-electron chi connectivity index (χ2n) is 12.6. The maximum absolute atomic E-state index is 6.50. The average molecular weight is 616 g/mol. The Labute approximate surface area is 274 Å². The third kappa shape index (κ3) is 3.58. The van der Waals surface area contributed by atoms with Crippen molar-refractivity contribution in [3.8, 4) is 22.4 Å². The van der Waals surface area contributed by atoms with Gasteiger partial charge in [-0.1, -0.05) is 97.1 Å². The lowest BCUT2D eigenvalue weighted by Gasteiger charge is -2.21. The topological polar surface area (TPSA) is 26.0 Å². The summed E-state index contributed by atoms with van der Waals surface area (Å²) in [7, 11) is 0. The highest BCUT2D eigenvalue weighted by atomic mass is 32.1. The molecular weight excluding hydrogens is 591 g/mol. The molecular formula is C44H25NOS. The fraction of sp³-hybridized carbons (Fsp3) is 0.0227. The summed E-state index contributed by atoms with van der Waals surface area (Å²) in [4.78, 5) is 5.46. The molecule has 47 heavy (non-hydrogen) atoms. The van der Waals surface area contributed by atoms with Gasteiger partial charge in [0.2, 0.25) is 0 Å². The van der Waals surface area contributed by atoms with Gasteiger partial charge in [0, 0.05) is 47.8 Å². The minimum absolute atomic E-state index is 0.0225. The van der Waals surface area contributed by atoms with Crippen LogP contribution in [0.5, 0.6) is 0 Å². The maximum Gasteiger partial charge on any atom is 0.135 e. The van der Waals surface area contributed by atoms with Crippen molar-refractivity contribution in [3.05, 3.63) is 162 Å². The molecule has 2 nitrogen and oxygen atoms in total. The molecule has 3 aromatic heterocycles. The van der Waals surface area contributed by atoms with E-state index in [2.05, 4.69) is 140 Å². The number of furan rings is 1. The van der Waals surface area contributed by atoms with Crippen LogP contribution in [0, 0.1) is 0 Å². The van der Waals surface area contributed by atoms with Gasteiger partial charge in [0.25, 0.3) is 0 Å². The first-order valence-electron chi connectivity index (χ1n) is 16.1. The van der Waals surface area contributed by atoms with Gasteiger partial charge in [-0.2, -0.15) is 0 Å². The number of pyridine rings is 1. The summed E-state index contributed by atoms with van der Waals surface area (Å²) in [6.07, 6.45) is 0. The van der Waals surface area contributed by atoms with Crippen LogP contribution in [-0.2, 0) is 0 Å². The van der Waals surface area contributed by atoms with Crippen LogP contribution >= 0.6 is 11.3 Å². The molecule has 0 bridgehead atoms. The second-order valence-corrected chi connectivity index (χ2v) is 13.7. The smallest absolute Gasteiger partial charge is 0.135 e. The van der Waals surface area contributed by atoms with Gasteiger partial charge >= 0.3 is 0 Å². The third-order valence-electron chi connectivity index (χ3n) is 10.1. The van der Waals surface area contributed by atoms with Crippen LogP contribution in [0.3, 0.4) is 0 Å². The molecule has 0 amide bonds. The molecule has 3 heteroatoms. The first-order valence-corrected chi connectivity index (χ1v) is 16.9. The zero-order valence-electron chi connectivity index (χ0n) is 25.2. The van der Waals surface area contributed by atoms with Crippen molar-refractivity contribution in [1.29, 1.82) is 0 Å². The van der Waals surface area contributed by atoms with Gasteiger partial charge in [-0.05, 0) is 87.1 Å². The predicted octanol–water partition coefficient (Wildman–Crippen LogP) is 12.5. The molecule has 1 aliphatic carbocycles. The van der Waals surface area contributed by atoms with Crippen LogP contribution in [0.1, 0.15) is 22.6 Å². The van der Waals surface area contributed by atoms with Crippen LogP contribution in [0.4, 0.5) is 0 Å². The van der Waals surface area contributed by atoms with Crippen molar-refractivity contribution >= 4 is 75.1 Å². The summed E-state index contributed by atoms with van der Waals surface area (Å²) in [5.41, 5.74) is 11.4. The van der Waals surface area contributed by atoms with E-state index in [0.29, 0.717) is 0 Å². The van der Waals surface area contributed by atoms with Gasteiger partial charge in [0.1, 0.15) is 11.2 Å². The van der Waals surface area contributed by atoms with Crippen molar-refractivity contribution < 1.29 is 4.42 Å². The molecule has 0 radical (unpaired) electrons. The number of para-hydroxylation sites is 2. The molecule has 1 unspecified atom stereocenters. The molecule has 218 valence electrons. The third-order valence-corrected chi connectivity index (χ3v) is 11.3. The number of nitrogens with zero attached hydrogens (tertiary/aromatic N) is 1. The summed E-state index contributed by atoms with van der Waals surface area (Å²) in [5.74, 6) is -0.0225. The van der Waals surface area contributed by atoms with Gasteiger partial charge in [0.15, 0.2) is 0 Å². The summed E-state index contributed by atoms with van der Waals surface area (Å²) in [6.45, 7) is 0. The molecule has 11 rings (SSSR count). The van der Waals surface area contributed by atoms with E-state index >= 15 is 0 Å². The Bertz CT molecular complexity index is 2930. The van der Waals surface area contributed by atoms with Crippen LogP contribution in [0.25, 0.3) is 86.2 Å². The summed E-state index contributed by atoms with van der Waals surface area (Å²) in [6, 6.07) is 53.0. The summed E-state index contributed by atoms with van der Waals surface area (Å²) in [5, 5.41) is 8.57. The highest BCUT2D eigenvalue weighted by Gasteiger charge is 2.35. The first kappa shape index (κ1) is 25.4. The van der Waals surface area contributed by atoms with Crippen molar-refractivity contribution in [2.24, 2.45) is 0 Å². The Morgan fingerprint density at radius 3 is 2.19 bits per heavy atom. The molecule has 1 aliphatic rings. The van der Waals surface area contributed by atoms with Gasteiger partial charge in [0.05, 0.1) is 11.2 Å². The van der Waals surface area contributed by atoms with Crippen molar-refractivity contribution in [2.45, 2.75) is 5.92 Å². The lowest BCUT2D eigenvalue weighted by Crippen LogP contribution is -2.05. The van der Waals surface area contributed by atoms with E-state index < -0.39 is 0 Å². The molecule has 0 spiro atoms. The molecule has 7 aromatic carbocycles. The van der Waals surface area contributed by atoms with Crippen LogP contribution in [-0.4, -0.2) is 4.98 Å². The minimum Gasteiger partial charge on any atom is -0.456 e. The van der Waals surface area contributed by atoms with E-state index in [1.165, 1.54) is 58.8 Å². The van der Waals surface area contributed by atoms with Crippen molar-refractivity contribution in [3.63, 3.8) is 0 Å². The number of aromatic nitrogens is 1. The number of thiophene rings is 1. The van der Waals surface area contributed by atoms with E-state index in [1.54, 1.807) is 0 Å². The fourth-order valence-corrected chi connectivity index (χ4v) is 9.12. The number of fused-ring (bicyclic) bond motifs is 12. The average Bonchev–Trinajstić information content (AvgIpc) is 3.79. The molecule has 3 heterocycles. The van der Waals surface area contributed by atoms with Crippen LogP contribution in [0.2, 0.25) is 0 Å². The normalized spacial score (nSPS) is 14.2. The highest BCUT2D eigenvalue weighted by Crippen LogP contribution is 2.54. The fourth-order valence-electron chi connectivity index (χ4n) is 8.04. The van der Waals surface area contributed by atoms with Crippen LogP contribution in [0.15, 0.2) is 150 Å². The van der Waals surface area contributed by atoms with E-state index in [9.17, 15) is 0 Å². The maximum atomic E-state index is 6.50. The van der Waals surface area contributed by atoms with E-state index in [1.807, 2.05) is 17.4 Å².